The smallest absolute Gasteiger partial charge is 0.415 e. The lowest BCUT2D eigenvalue weighted by atomic mass is 9.92. The van der Waals surface area contributed by atoms with Gasteiger partial charge in [0.1, 0.15) is 11.8 Å². The summed E-state index contributed by atoms with van der Waals surface area (Å²) in [6, 6.07) is 14.9. The van der Waals surface area contributed by atoms with Gasteiger partial charge in [-0.25, -0.2) is 14.5 Å². The van der Waals surface area contributed by atoms with Crippen LogP contribution in [0.2, 0.25) is 5.02 Å². The average Bonchev–Trinajstić information content (AvgIpc) is 2.99. The van der Waals surface area contributed by atoms with Crippen molar-refractivity contribution < 1.29 is 43.8 Å². The van der Waals surface area contributed by atoms with Crippen LogP contribution >= 0.6 is 11.6 Å². The van der Waals surface area contributed by atoms with E-state index in [-0.39, 0.29) is 41.9 Å². The van der Waals surface area contributed by atoms with Gasteiger partial charge in [0.2, 0.25) is 0 Å². The van der Waals surface area contributed by atoms with Crippen molar-refractivity contribution in [3.8, 4) is 17.2 Å². The van der Waals surface area contributed by atoms with E-state index in [4.69, 9.17) is 31.1 Å². The van der Waals surface area contributed by atoms with Crippen LogP contribution in [0.4, 0.5) is 4.79 Å². The predicted octanol–water partition coefficient (Wildman–Crippen LogP) is 4.59. The highest BCUT2D eigenvalue weighted by atomic mass is 35.5. The van der Waals surface area contributed by atoms with Crippen LogP contribution in [-0.2, 0) is 29.1 Å². The van der Waals surface area contributed by atoms with Gasteiger partial charge in [0, 0.05) is 19.0 Å². The summed E-state index contributed by atoms with van der Waals surface area (Å²) in [6.45, 7) is 0.275. The van der Waals surface area contributed by atoms with E-state index in [1.807, 2.05) is 12.1 Å². The Morgan fingerprint density at radius 1 is 1.02 bits per heavy atom. The first kappa shape index (κ1) is 30.6. The molecule has 0 spiro atoms. The number of hydrogen-bond acceptors (Lipinski definition) is 8. The first-order valence-electron chi connectivity index (χ1n) is 13.1. The molecule has 2 amide bonds. The lowest BCUT2D eigenvalue weighted by molar-refractivity contribution is -0.244. The molecule has 0 aliphatic carbocycles. The second-order valence-electron chi connectivity index (χ2n) is 9.64. The van der Waals surface area contributed by atoms with Crippen molar-refractivity contribution in [1.82, 2.24) is 10.2 Å². The van der Waals surface area contributed by atoms with E-state index in [9.17, 15) is 19.5 Å². The van der Waals surface area contributed by atoms with Crippen molar-refractivity contribution in [3.63, 3.8) is 0 Å². The van der Waals surface area contributed by atoms with Crippen LogP contribution in [0, 0.1) is 0 Å². The summed E-state index contributed by atoms with van der Waals surface area (Å²) in [4.78, 5) is 43.5. The molecule has 0 aromatic heterocycles. The number of aliphatic carboxylic acids is 1. The molecule has 11 nitrogen and oxygen atoms in total. The number of carboxylic acids is 1. The number of benzene rings is 3. The van der Waals surface area contributed by atoms with Crippen molar-refractivity contribution in [1.29, 1.82) is 0 Å². The average molecular weight is 599 g/mol. The van der Waals surface area contributed by atoms with Crippen LogP contribution in [0.15, 0.2) is 60.7 Å². The number of carbonyl (C=O) groups excluding carboxylic acids is 2. The number of rotatable bonds is 11. The third-order valence-corrected chi connectivity index (χ3v) is 7.34. The largest absolute Gasteiger partial charge is 0.493 e. The van der Waals surface area contributed by atoms with E-state index in [2.05, 4.69) is 10.2 Å². The number of ether oxygens (including phenoxy) is 3. The number of nitrogens with one attached hydrogen (secondary N) is 1. The molecule has 1 heterocycles. The van der Waals surface area contributed by atoms with Crippen molar-refractivity contribution in [2.75, 3.05) is 20.8 Å². The highest BCUT2D eigenvalue weighted by molar-refractivity contribution is 6.33. The van der Waals surface area contributed by atoms with Gasteiger partial charge in [-0.15, -0.1) is 0 Å². The van der Waals surface area contributed by atoms with Crippen LogP contribution < -0.4 is 19.5 Å². The zero-order valence-corrected chi connectivity index (χ0v) is 23.8. The molecule has 3 N–H and O–H groups in total. The predicted molar refractivity (Wildman–Crippen MR) is 152 cm³/mol. The van der Waals surface area contributed by atoms with Gasteiger partial charge in [0.25, 0.3) is 5.91 Å². The van der Waals surface area contributed by atoms with Crippen molar-refractivity contribution in [2.24, 2.45) is 0 Å². The summed E-state index contributed by atoms with van der Waals surface area (Å²) in [6.07, 6.45) is 0.261. The molecule has 42 heavy (non-hydrogen) atoms. The minimum absolute atomic E-state index is 0.00279. The molecular formula is C30H31ClN2O9. The van der Waals surface area contributed by atoms with E-state index < -0.39 is 24.0 Å². The first-order valence-corrected chi connectivity index (χ1v) is 13.5. The number of fused-ring (bicyclic) bond motifs is 1. The van der Waals surface area contributed by atoms with Crippen molar-refractivity contribution >= 4 is 29.6 Å². The van der Waals surface area contributed by atoms with Gasteiger partial charge in [-0.3, -0.25) is 10.1 Å². The fourth-order valence-corrected chi connectivity index (χ4v) is 5.03. The third-order valence-electron chi connectivity index (χ3n) is 7.01. The van der Waals surface area contributed by atoms with Gasteiger partial charge in [0.15, 0.2) is 11.5 Å². The highest BCUT2D eigenvalue weighted by Gasteiger charge is 2.32. The SMILES string of the molecule is COc1cc2c(cc1OC)CN(C(=O)Oc1ccc(CC(NC(=O)c3ccccc3Cl)C(=O)O)cc1)C(CCOO)C2. The Balaban J connectivity index is 1.44. The molecular weight excluding hydrogens is 568 g/mol. The Labute approximate surface area is 247 Å². The van der Waals surface area contributed by atoms with Crippen LogP contribution in [0.5, 0.6) is 17.2 Å². The standard InChI is InChI=1S/C30H31ClN2O9/c1-39-26-15-19-14-21(11-12-41-38)33(17-20(19)16-27(26)40-2)30(37)42-22-9-7-18(8-10-22)13-25(29(35)36)32-28(34)23-5-3-4-6-24(23)31/h3-10,15-16,21,25,38H,11-14,17H2,1-2H3,(H,32,34)(H,35,36). The van der Waals surface area contributed by atoms with Crippen LogP contribution in [0.25, 0.3) is 0 Å². The maximum absolute atomic E-state index is 13.3. The molecule has 3 aromatic carbocycles. The summed E-state index contributed by atoms with van der Waals surface area (Å²) in [5.74, 6) is -0.425. The van der Waals surface area contributed by atoms with Gasteiger partial charge >= 0.3 is 12.1 Å². The van der Waals surface area contributed by atoms with Crippen molar-refractivity contribution in [3.05, 3.63) is 87.9 Å². The lowest BCUT2D eigenvalue weighted by Crippen LogP contribution is -2.46. The number of methoxy groups -OCH3 is 2. The number of carboxylic acid groups (broad SMARTS) is 1. The molecule has 222 valence electrons. The normalized spacial score (nSPS) is 14.9. The molecule has 0 saturated carbocycles. The fraction of sp³-hybridized carbons (Fsp3) is 0.300. The van der Waals surface area contributed by atoms with E-state index in [0.29, 0.717) is 29.9 Å². The lowest BCUT2D eigenvalue weighted by Gasteiger charge is -2.36. The van der Waals surface area contributed by atoms with E-state index in [0.717, 1.165) is 11.1 Å². The molecule has 4 rings (SSSR count). The highest BCUT2D eigenvalue weighted by Crippen LogP contribution is 2.35. The second-order valence-corrected chi connectivity index (χ2v) is 10.1. The van der Waals surface area contributed by atoms with Gasteiger partial charge in [-0.2, -0.15) is 0 Å². The third kappa shape index (κ3) is 7.30. The minimum Gasteiger partial charge on any atom is -0.493 e. The Morgan fingerprint density at radius 2 is 1.69 bits per heavy atom. The number of hydrogen-bond donors (Lipinski definition) is 3. The summed E-state index contributed by atoms with van der Waals surface area (Å²) in [5, 5.41) is 21.3. The summed E-state index contributed by atoms with van der Waals surface area (Å²) < 4.78 is 16.5. The van der Waals surface area contributed by atoms with E-state index in [1.54, 1.807) is 54.5 Å². The Morgan fingerprint density at radius 3 is 2.31 bits per heavy atom. The Hall–Kier alpha value is -4.32. The quantitative estimate of drug-likeness (QED) is 0.213. The number of carbonyl (C=O) groups is 3. The second kappa shape index (κ2) is 14.0. The molecule has 3 aromatic rings. The van der Waals surface area contributed by atoms with Crippen molar-refractivity contribution in [2.45, 2.75) is 37.9 Å². The summed E-state index contributed by atoms with van der Waals surface area (Å²) >= 11 is 6.06. The Kier molecular flexibility index (Phi) is 10.2. The number of halogens is 1. The summed E-state index contributed by atoms with van der Waals surface area (Å²) in [7, 11) is 3.09. The topological polar surface area (TPSA) is 144 Å². The summed E-state index contributed by atoms with van der Waals surface area (Å²) in [5.41, 5.74) is 2.64. The van der Waals surface area contributed by atoms with Crippen LogP contribution in [0.1, 0.15) is 33.5 Å². The zero-order valence-electron chi connectivity index (χ0n) is 23.0. The monoisotopic (exact) mass is 598 g/mol. The Bertz CT molecular complexity index is 1430. The molecule has 1 aliphatic rings. The molecule has 0 bridgehead atoms. The minimum atomic E-state index is -1.21. The van der Waals surface area contributed by atoms with Gasteiger partial charge in [-0.1, -0.05) is 35.9 Å². The van der Waals surface area contributed by atoms with E-state index >= 15 is 0 Å². The maximum atomic E-state index is 13.3. The molecule has 12 heteroatoms. The van der Waals surface area contributed by atoms with Gasteiger partial charge in [-0.05, 0) is 65.9 Å². The number of nitrogens with zero attached hydrogens (tertiary/aromatic N) is 1. The van der Waals surface area contributed by atoms with Gasteiger partial charge in [0.05, 0.1) is 31.4 Å². The van der Waals surface area contributed by atoms with Crippen LogP contribution in [0.3, 0.4) is 0 Å². The molecule has 0 saturated heterocycles. The molecule has 1 aliphatic heterocycles. The van der Waals surface area contributed by atoms with Gasteiger partial charge < -0.3 is 29.5 Å². The molecule has 0 fully saturated rings. The molecule has 2 unspecified atom stereocenters. The molecule has 0 radical (unpaired) electrons. The zero-order chi connectivity index (χ0) is 30.2. The first-order chi connectivity index (χ1) is 20.2. The number of amides is 2. The van der Waals surface area contributed by atoms with Crippen LogP contribution in [-0.4, -0.2) is 66.1 Å². The molecule has 2 atom stereocenters. The van der Waals surface area contributed by atoms with E-state index in [1.165, 1.54) is 13.2 Å². The fourth-order valence-electron chi connectivity index (χ4n) is 4.81. The maximum Gasteiger partial charge on any atom is 0.415 e.